The quantitative estimate of drug-likeness (QED) is 0.116. The van der Waals surface area contributed by atoms with E-state index in [4.69, 9.17) is 4.98 Å². The van der Waals surface area contributed by atoms with Gasteiger partial charge in [0.2, 0.25) is 0 Å². The first-order valence-electron chi connectivity index (χ1n) is 15.1. The number of fused-ring (bicyclic) bond motifs is 3. The van der Waals surface area contributed by atoms with Gasteiger partial charge in [-0.3, -0.25) is 4.98 Å². The fourth-order valence-corrected chi connectivity index (χ4v) is 8.72. The van der Waals surface area contributed by atoms with Crippen LogP contribution in [0, 0.1) is 6.07 Å². The molecule has 0 saturated heterocycles. The Balaban J connectivity index is 0.000000166. The molecule has 0 spiro atoms. The number of aliphatic hydroxyl groups is 1. The molecule has 0 radical (unpaired) electrons. The molecule has 226 valence electrons. The van der Waals surface area contributed by atoms with Gasteiger partial charge in [-0.05, 0) is 59.3 Å². The van der Waals surface area contributed by atoms with Gasteiger partial charge in [0.25, 0.3) is 0 Å². The van der Waals surface area contributed by atoms with Crippen LogP contribution < -0.4 is 15.9 Å². The molecule has 0 fully saturated rings. The average molecular weight is 656 g/mol. The third kappa shape index (κ3) is 6.11. The van der Waals surface area contributed by atoms with Crippen LogP contribution in [-0.4, -0.2) is 10.1 Å². The minimum Gasteiger partial charge on any atom is -0.374 e. The molecule has 8 rings (SSSR count). The van der Waals surface area contributed by atoms with E-state index in [1.807, 2.05) is 78.9 Å². The second-order valence-electron chi connectivity index (χ2n) is 11.0. The first-order chi connectivity index (χ1) is 22.2. The maximum Gasteiger partial charge on any atom is 0.157 e. The summed E-state index contributed by atoms with van der Waals surface area (Å²) in [6, 6.07) is 65.3. The van der Waals surface area contributed by atoms with Crippen molar-refractivity contribution in [2.75, 3.05) is 0 Å². The summed E-state index contributed by atoms with van der Waals surface area (Å²) in [5.74, 6) is 0. The molecule has 0 bridgehead atoms. The smallest absolute Gasteiger partial charge is 0.157 e. The Kier molecular flexibility index (Phi) is 9.67. The number of nitrogens with zero attached hydrogens (tertiary/aromatic N) is 1. The van der Waals surface area contributed by atoms with Gasteiger partial charge in [-0.1, -0.05) is 115 Å². The average Bonchev–Trinajstić information content (AvgIpc) is 3.40. The van der Waals surface area contributed by atoms with Crippen LogP contribution in [0.3, 0.4) is 0 Å². The molecule has 0 aliphatic heterocycles. The van der Waals surface area contributed by atoms with Crippen molar-refractivity contribution < 1.29 is 21.6 Å². The summed E-state index contributed by atoms with van der Waals surface area (Å²) in [6.45, 7) is 0. The zero-order chi connectivity index (χ0) is 30.5. The molecule has 7 aromatic rings. The molecule has 1 N–H and O–H groups in total. The molecule has 0 unspecified atom stereocenters. The van der Waals surface area contributed by atoms with Crippen LogP contribution in [0.5, 0.6) is 0 Å². The number of aromatic nitrogens is 1. The largest absolute Gasteiger partial charge is 0.374 e. The van der Waals surface area contributed by atoms with Gasteiger partial charge in [0.1, 0.15) is 15.9 Å². The zero-order valence-electron chi connectivity index (χ0n) is 25.0. The summed E-state index contributed by atoms with van der Waals surface area (Å²) in [5.41, 5.74) is 4.97. The van der Waals surface area contributed by atoms with E-state index >= 15 is 0 Å². The van der Waals surface area contributed by atoms with Gasteiger partial charge >= 0.3 is 0 Å². The maximum atomic E-state index is 11.9. The van der Waals surface area contributed by atoms with E-state index in [0.29, 0.717) is 5.69 Å². The molecule has 1 heterocycles. The molecule has 0 amide bonds. The molecule has 2 nitrogen and oxygen atoms in total. The third-order valence-corrected chi connectivity index (χ3v) is 10.9. The molecule has 0 atom stereocenters. The van der Waals surface area contributed by atoms with Crippen molar-refractivity contribution in [1.82, 2.24) is 4.98 Å². The first kappa shape index (κ1) is 31.3. The van der Waals surface area contributed by atoms with E-state index in [0.717, 1.165) is 33.5 Å². The number of hydrogen-bond acceptors (Lipinski definition) is 2. The number of pyridine rings is 1. The van der Waals surface area contributed by atoms with E-state index in [9.17, 15) is 5.11 Å². The van der Waals surface area contributed by atoms with Crippen LogP contribution in [0.1, 0.15) is 16.8 Å². The van der Waals surface area contributed by atoms with Gasteiger partial charge in [-0.2, -0.15) is 0 Å². The topological polar surface area (TPSA) is 33.1 Å². The summed E-state index contributed by atoms with van der Waals surface area (Å²) >= 11 is 0. The zero-order valence-corrected chi connectivity index (χ0v) is 27.0. The van der Waals surface area contributed by atoms with E-state index in [2.05, 4.69) is 109 Å². The minimum absolute atomic E-state index is 0. The summed E-state index contributed by atoms with van der Waals surface area (Å²) in [6.07, 6.45) is 0. The first-order valence-corrected chi connectivity index (χ1v) is 16.6. The van der Waals surface area contributed by atoms with Crippen LogP contribution in [0.2, 0.25) is 0 Å². The summed E-state index contributed by atoms with van der Waals surface area (Å²) in [4.78, 5) is 4.81. The normalized spacial score (nSPS) is 12.2. The van der Waals surface area contributed by atoms with Crippen LogP contribution in [0.4, 0.5) is 0 Å². The Labute approximate surface area is 282 Å². The Morgan fingerprint density at radius 1 is 0.478 bits per heavy atom. The Bertz CT molecular complexity index is 1880. The van der Waals surface area contributed by atoms with Crippen LogP contribution in [0.25, 0.3) is 22.4 Å². The molecular weight excluding hydrogens is 624 g/mol. The van der Waals surface area contributed by atoms with Crippen molar-refractivity contribution in [3.8, 4) is 22.4 Å². The monoisotopic (exact) mass is 655 g/mol. The Morgan fingerprint density at radius 3 is 1.41 bits per heavy atom. The molecule has 1 aromatic heterocycles. The number of hydrogen-bond donors (Lipinski definition) is 1. The van der Waals surface area contributed by atoms with Crippen molar-refractivity contribution in [2.45, 2.75) is 5.60 Å². The van der Waals surface area contributed by atoms with Crippen LogP contribution in [-0.2, 0) is 22.1 Å². The maximum absolute atomic E-state index is 11.9. The molecular formula is C42H32NNiOP. The van der Waals surface area contributed by atoms with Gasteiger partial charge in [0.15, 0.2) is 5.60 Å². The molecule has 6 aromatic carbocycles. The van der Waals surface area contributed by atoms with Gasteiger partial charge in [0, 0.05) is 27.6 Å². The van der Waals surface area contributed by atoms with Crippen molar-refractivity contribution in [3.63, 3.8) is 0 Å². The number of benzene rings is 6. The fraction of sp³-hybridized carbons (Fsp3) is 0.0238. The van der Waals surface area contributed by atoms with Gasteiger partial charge in [-0.25, -0.2) is 0 Å². The van der Waals surface area contributed by atoms with Crippen molar-refractivity contribution in [2.24, 2.45) is 0 Å². The molecule has 46 heavy (non-hydrogen) atoms. The summed E-state index contributed by atoms with van der Waals surface area (Å²) < 4.78 is 0. The second-order valence-corrected chi connectivity index (χ2v) is 13.4. The van der Waals surface area contributed by atoms with E-state index < -0.39 is 13.5 Å². The van der Waals surface area contributed by atoms with Gasteiger partial charge in [0.05, 0.1) is 13.6 Å². The molecule has 1 aliphatic carbocycles. The van der Waals surface area contributed by atoms with Crippen LogP contribution >= 0.6 is 7.92 Å². The SMILES string of the molecule is OC1(c2cccc(-c3[c-]cccc3)n2)c2ccccc2-c2ccccc21.[Ni].c1ccc([PH+](c2ccccc2)c2ccccc2)cc1. The molecule has 1 aliphatic rings. The minimum atomic E-state index is -1.25. The van der Waals surface area contributed by atoms with Crippen LogP contribution in [0.15, 0.2) is 182 Å². The van der Waals surface area contributed by atoms with E-state index in [1.165, 1.54) is 15.9 Å². The van der Waals surface area contributed by atoms with Crippen molar-refractivity contribution >= 4 is 23.8 Å². The molecule has 4 heteroatoms. The van der Waals surface area contributed by atoms with Crippen molar-refractivity contribution in [3.05, 3.63) is 205 Å². The van der Waals surface area contributed by atoms with Crippen molar-refractivity contribution in [1.29, 1.82) is 0 Å². The van der Waals surface area contributed by atoms with E-state index in [-0.39, 0.29) is 16.5 Å². The standard InChI is InChI=1S/C24H16NO.C18H15P.Ni/c26-24(23-16-8-15-22(25-23)17-9-2-1-3-10-17)20-13-6-4-11-18(20)19-12-5-7-14-21(19)24;1-4-10-16(11-5-1)19(17-12-6-2-7-13-17)18-14-8-3-9-15-18;/h1-9,11-16,26H;1-15H;/q-1;;/p+1. The van der Waals surface area contributed by atoms with Gasteiger partial charge in [-0.15, -0.1) is 35.9 Å². The van der Waals surface area contributed by atoms with E-state index in [1.54, 1.807) is 0 Å². The van der Waals surface area contributed by atoms with Gasteiger partial charge < -0.3 is 5.11 Å². The fourth-order valence-electron chi connectivity index (χ4n) is 6.14. The summed E-state index contributed by atoms with van der Waals surface area (Å²) in [5, 5.41) is 16.2. The Hall–Kier alpha value is -4.65. The summed E-state index contributed by atoms with van der Waals surface area (Å²) in [7, 11) is -0.877. The predicted molar refractivity (Wildman–Crippen MR) is 189 cm³/mol. The number of rotatable bonds is 5. The predicted octanol–water partition coefficient (Wildman–Crippen LogP) is 7.99. The Morgan fingerprint density at radius 2 is 0.935 bits per heavy atom. The molecule has 0 saturated carbocycles. The second kappa shape index (κ2) is 14.2. The third-order valence-electron chi connectivity index (χ3n) is 8.22.